The summed E-state index contributed by atoms with van der Waals surface area (Å²) in [5, 5.41) is 6.66. The molecule has 0 unspecified atom stereocenters. The van der Waals surface area contributed by atoms with E-state index >= 15 is 0 Å². The standard InChI is InChI=1S/C28H24IN5O4S/c1-16-13-19(38-18-5-3-2-4-6-18)7-8-20(16)34-21-10-12-30-27-23(21)24(32-28(34)37)25(39-27)26(36)31-17-14-33(15-17)22(35)9-11-29/h2-8,10,12-13,17H,9,11,14-15H2,1H3,(H,31,36)(H,32,37). The molecule has 0 bridgehead atoms. The average molecular weight is 654 g/mol. The van der Waals surface area contributed by atoms with E-state index in [9.17, 15) is 14.4 Å². The second-order valence-electron chi connectivity index (χ2n) is 9.35. The van der Waals surface area contributed by atoms with Gasteiger partial charge < -0.3 is 20.3 Å². The van der Waals surface area contributed by atoms with Gasteiger partial charge in [-0.15, -0.1) is 11.3 Å². The largest absolute Gasteiger partial charge is 0.457 e. The van der Waals surface area contributed by atoms with Gasteiger partial charge in [0.1, 0.15) is 21.2 Å². The van der Waals surface area contributed by atoms with Crippen LogP contribution in [0.25, 0.3) is 10.2 Å². The molecule has 0 spiro atoms. The molecule has 1 fully saturated rings. The number of urea groups is 1. The number of nitrogens with one attached hydrogen (secondary N) is 2. The maximum absolute atomic E-state index is 13.5. The second-order valence-corrected chi connectivity index (χ2v) is 11.4. The third-order valence-corrected chi connectivity index (χ3v) is 8.35. The zero-order chi connectivity index (χ0) is 27.1. The fourth-order valence-corrected chi connectivity index (χ4v) is 6.30. The van der Waals surface area contributed by atoms with Crippen LogP contribution < -0.4 is 20.3 Å². The number of carbonyl (C=O) groups excluding carboxylic acids is 3. The summed E-state index contributed by atoms with van der Waals surface area (Å²) in [6, 6.07) is 16.4. The molecular weight excluding hydrogens is 629 g/mol. The molecule has 2 aliphatic rings. The molecule has 39 heavy (non-hydrogen) atoms. The van der Waals surface area contributed by atoms with Crippen LogP contribution in [0.15, 0.2) is 60.8 Å². The molecule has 0 aliphatic carbocycles. The number of anilines is 3. The molecule has 2 aromatic heterocycles. The lowest BCUT2D eigenvalue weighted by Crippen LogP contribution is -2.61. The van der Waals surface area contributed by atoms with Gasteiger partial charge in [-0.2, -0.15) is 0 Å². The van der Waals surface area contributed by atoms with E-state index in [0.29, 0.717) is 52.0 Å². The monoisotopic (exact) mass is 653 g/mol. The van der Waals surface area contributed by atoms with Gasteiger partial charge in [-0.3, -0.25) is 14.5 Å². The van der Waals surface area contributed by atoms with Crippen molar-refractivity contribution in [3.05, 3.63) is 71.2 Å². The highest BCUT2D eigenvalue weighted by Crippen LogP contribution is 2.46. The fourth-order valence-electron chi connectivity index (χ4n) is 4.81. The van der Waals surface area contributed by atoms with Gasteiger partial charge >= 0.3 is 6.03 Å². The number of aromatic nitrogens is 1. The first-order valence-electron chi connectivity index (χ1n) is 12.4. The predicted molar refractivity (Wildman–Crippen MR) is 160 cm³/mol. The predicted octanol–water partition coefficient (Wildman–Crippen LogP) is 5.85. The summed E-state index contributed by atoms with van der Waals surface area (Å²) in [5.74, 6) is 1.22. The smallest absolute Gasteiger partial charge is 0.331 e. The number of nitrogens with zero attached hydrogens (tertiary/aromatic N) is 3. The van der Waals surface area contributed by atoms with Crippen molar-refractivity contribution < 1.29 is 19.1 Å². The number of hydrogen-bond acceptors (Lipinski definition) is 6. The second kappa shape index (κ2) is 10.5. The molecule has 2 N–H and O–H groups in total. The average Bonchev–Trinajstić information content (AvgIpc) is 3.27. The highest BCUT2D eigenvalue weighted by Gasteiger charge is 2.36. The third kappa shape index (κ3) is 4.80. The third-order valence-electron chi connectivity index (χ3n) is 6.72. The zero-order valence-corrected chi connectivity index (χ0v) is 23.9. The van der Waals surface area contributed by atoms with Crippen LogP contribution in [0.1, 0.15) is 21.7 Å². The molecule has 9 nitrogen and oxygen atoms in total. The number of amides is 4. The van der Waals surface area contributed by atoms with Crippen LogP contribution in [0.2, 0.25) is 0 Å². The van der Waals surface area contributed by atoms with Gasteiger partial charge in [-0.25, -0.2) is 9.78 Å². The van der Waals surface area contributed by atoms with Gasteiger partial charge in [0.05, 0.1) is 28.5 Å². The Labute approximate surface area is 242 Å². The summed E-state index contributed by atoms with van der Waals surface area (Å²) in [4.78, 5) is 47.6. The first-order valence-corrected chi connectivity index (χ1v) is 14.8. The number of para-hydroxylation sites is 1. The Kier molecular flexibility index (Phi) is 6.85. The van der Waals surface area contributed by atoms with E-state index in [-0.39, 0.29) is 23.9 Å². The van der Waals surface area contributed by atoms with E-state index in [1.54, 1.807) is 22.1 Å². The molecule has 1 saturated heterocycles. The Morgan fingerprint density at radius 2 is 1.92 bits per heavy atom. The van der Waals surface area contributed by atoms with Gasteiger partial charge in [0, 0.05) is 30.1 Å². The van der Waals surface area contributed by atoms with Gasteiger partial charge in [0.2, 0.25) is 5.91 Å². The SMILES string of the molecule is Cc1cc(Oc2ccccc2)ccc1N1C(=O)Nc2c(C(=O)NC3CN(C(=O)CCI)C3)sc3nccc1c23. The highest BCUT2D eigenvalue weighted by molar-refractivity contribution is 14.1. The Morgan fingerprint density at radius 3 is 2.67 bits per heavy atom. The summed E-state index contributed by atoms with van der Waals surface area (Å²) < 4.78 is 6.73. The molecule has 2 aromatic carbocycles. The lowest BCUT2D eigenvalue weighted by Gasteiger charge is -2.39. The molecule has 2 aliphatic heterocycles. The maximum Gasteiger partial charge on any atom is 0.331 e. The number of benzene rings is 2. The topological polar surface area (TPSA) is 104 Å². The molecule has 4 aromatic rings. The number of carbonyl (C=O) groups is 3. The quantitative estimate of drug-likeness (QED) is 0.193. The van der Waals surface area contributed by atoms with Crippen molar-refractivity contribution in [1.29, 1.82) is 0 Å². The van der Waals surface area contributed by atoms with Crippen LogP contribution in [0.5, 0.6) is 11.5 Å². The number of rotatable bonds is 7. The van der Waals surface area contributed by atoms with Crippen LogP contribution in [0.3, 0.4) is 0 Å². The van der Waals surface area contributed by atoms with E-state index < -0.39 is 0 Å². The van der Waals surface area contributed by atoms with Crippen molar-refractivity contribution >= 4 is 79.1 Å². The minimum Gasteiger partial charge on any atom is -0.457 e. The Morgan fingerprint density at radius 1 is 1.13 bits per heavy atom. The Hall–Kier alpha value is -3.71. The number of pyridine rings is 1. The Bertz CT molecular complexity index is 1600. The van der Waals surface area contributed by atoms with Gasteiger partial charge in [-0.1, -0.05) is 40.8 Å². The lowest BCUT2D eigenvalue weighted by atomic mass is 10.1. The van der Waals surface area contributed by atoms with Crippen LogP contribution >= 0.6 is 33.9 Å². The van der Waals surface area contributed by atoms with Crippen LogP contribution in [0.4, 0.5) is 21.9 Å². The van der Waals surface area contributed by atoms with E-state index in [0.717, 1.165) is 21.1 Å². The molecule has 11 heteroatoms. The van der Waals surface area contributed by atoms with Crippen molar-refractivity contribution in [1.82, 2.24) is 15.2 Å². The number of aryl methyl sites for hydroxylation is 1. The van der Waals surface area contributed by atoms with E-state index in [1.165, 1.54) is 11.3 Å². The van der Waals surface area contributed by atoms with Gasteiger partial charge in [-0.05, 0) is 48.9 Å². The zero-order valence-electron chi connectivity index (χ0n) is 20.9. The number of likely N-dealkylation sites (tertiary alicyclic amines) is 1. The lowest BCUT2D eigenvalue weighted by molar-refractivity contribution is -0.135. The fraction of sp³-hybridized carbons (Fsp3) is 0.214. The van der Waals surface area contributed by atoms with Crippen molar-refractivity contribution in [2.45, 2.75) is 19.4 Å². The molecule has 0 atom stereocenters. The number of thiophene rings is 1. The van der Waals surface area contributed by atoms with Crippen LogP contribution in [0, 0.1) is 6.92 Å². The molecular formula is C28H24IN5O4S. The summed E-state index contributed by atoms with van der Waals surface area (Å²) in [6.07, 6.45) is 2.15. The number of ether oxygens (including phenoxy) is 1. The molecule has 4 amide bonds. The van der Waals surface area contributed by atoms with E-state index in [2.05, 4.69) is 38.2 Å². The van der Waals surface area contributed by atoms with Crippen molar-refractivity contribution in [2.75, 3.05) is 27.7 Å². The molecule has 0 radical (unpaired) electrons. The Balaban J connectivity index is 1.26. The maximum atomic E-state index is 13.5. The minimum absolute atomic E-state index is 0.100. The van der Waals surface area contributed by atoms with Crippen LogP contribution in [-0.4, -0.2) is 51.3 Å². The minimum atomic E-state index is -0.360. The highest BCUT2D eigenvalue weighted by atomic mass is 127. The van der Waals surface area contributed by atoms with E-state index in [1.807, 2.05) is 55.5 Å². The molecule has 198 valence electrons. The normalized spacial score (nSPS) is 14.7. The van der Waals surface area contributed by atoms with Gasteiger partial charge in [0.15, 0.2) is 0 Å². The summed E-state index contributed by atoms with van der Waals surface area (Å²) >= 11 is 3.42. The summed E-state index contributed by atoms with van der Waals surface area (Å²) in [7, 11) is 0. The number of hydrogen-bond donors (Lipinski definition) is 2. The molecule has 4 heterocycles. The molecule has 6 rings (SSSR count). The first kappa shape index (κ1) is 25.6. The van der Waals surface area contributed by atoms with E-state index in [4.69, 9.17) is 4.74 Å². The molecule has 0 saturated carbocycles. The van der Waals surface area contributed by atoms with Crippen molar-refractivity contribution in [3.8, 4) is 11.5 Å². The van der Waals surface area contributed by atoms with Crippen molar-refractivity contribution in [3.63, 3.8) is 0 Å². The number of halogens is 1. The summed E-state index contributed by atoms with van der Waals surface area (Å²) in [5.41, 5.74) is 2.68. The first-order chi connectivity index (χ1) is 18.9. The number of alkyl halides is 1. The summed E-state index contributed by atoms with van der Waals surface area (Å²) in [6.45, 7) is 2.91. The van der Waals surface area contributed by atoms with Gasteiger partial charge in [0.25, 0.3) is 5.91 Å². The van der Waals surface area contributed by atoms with Crippen molar-refractivity contribution in [2.24, 2.45) is 0 Å². The van der Waals surface area contributed by atoms with Crippen LogP contribution in [-0.2, 0) is 4.79 Å².